The molecule has 0 atom stereocenters. The van der Waals surface area contributed by atoms with Crippen LogP contribution in [-0.4, -0.2) is 40.2 Å². The smallest absolute Gasteiger partial charge is 0.338 e. The van der Waals surface area contributed by atoms with Crippen LogP contribution in [0.1, 0.15) is 45.8 Å². The summed E-state index contributed by atoms with van der Waals surface area (Å²) in [5.41, 5.74) is 2.69. The largest absolute Gasteiger partial charge is 0.494 e. The third-order valence-electron chi connectivity index (χ3n) is 8.56. The van der Waals surface area contributed by atoms with E-state index in [4.69, 9.17) is 21.1 Å². The van der Waals surface area contributed by atoms with Gasteiger partial charge < -0.3 is 9.47 Å². The number of sulfonamides is 1. The molecule has 0 amide bonds. The molecular weight excluding hydrogens is 702 g/mol. The number of nitrogens with one attached hydrogen (secondary N) is 1. The van der Waals surface area contributed by atoms with Crippen LogP contribution < -0.4 is 15.0 Å². The molecule has 0 radical (unpaired) electrons. The van der Waals surface area contributed by atoms with E-state index in [9.17, 15) is 18.0 Å². The van der Waals surface area contributed by atoms with E-state index in [1.165, 1.54) is 16.7 Å². The van der Waals surface area contributed by atoms with Gasteiger partial charge in [-0.3, -0.25) is 9.20 Å². The lowest BCUT2D eigenvalue weighted by molar-refractivity contribution is 0.0460. The van der Waals surface area contributed by atoms with E-state index >= 15 is 0 Å². The molecule has 262 valence electrons. The summed E-state index contributed by atoms with van der Waals surface area (Å²) >= 11 is 6.36. The maximum atomic E-state index is 13.8. The molecule has 13 heteroatoms. The van der Waals surface area contributed by atoms with E-state index in [1.54, 1.807) is 59.9 Å². The van der Waals surface area contributed by atoms with Gasteiger partial charge in [0.25, 0.3) is 5.56 Å². The second kappa shape index (κ2) is 14.4. The molecule has 2 aromatic heterocycles. The molecule has 0 spiro atoms. The van der Waals surface area contributed by atoms with Crippen LogP contribution in [0.25, 0.3) is 22.4 Å². The first kappa shape index (κ1) is 34.6. The van der Waals surface area contributed by atoms with Gasteiger partial charge in [0.15, 0.2) is 12.4 Å². The van der Waals surface area contributed by atoms with Gasteiger partial charge in [-0.25, -0.2) is 17.8 Å². The van der Waals surface area contributed by atoms with Crippen molar-refractivity contribution in [3.63, 3.8) is 0 Å². The lowest BCUT2D eigenvalue weighted by atomic mass is 10.00. The maximum absolute atomic E-state index is 13.8. The van der Waals surface area contributed by atoms with Crippen LogP contribution in [0.3, 0.4) is 0 Å². The number of esters is 1. The predicted molar refractivity (Wildman–Crippen MR) is 198 cm³/mol. The number of benzene rings is 5. The Balaban J connectivity index is 1.20. The van der Waals surface area contributed by atoms with E-state index in [2.05, 4.69) is 14.9 Å². The first-order valence-corrected chi connectivity index (χ1v) is 18.2. The fraction of sp³-hybridized carbons (Fsp3) is 0.128. The number of carbonyl (C=O) groups excluding carboxylic acids is 1. The van der Waals surface area contributed by atoms with Crippen LogP contribution >= 0.6 is 11.6 Å². The molecule has 0 saturated heterocycles. The fourth-order valence-corrected chi connectivity index (χ4v) is 7.41. The van der Waals surface area contributed by atoms with Crippen LogP contribution in [0.5, 0.6) is 5.75 Å². The van der Waals surface area contributed by atoms with Gasteiger partial charge in [-0.15, -0.1) is 10.2 Å². The summed E-state index contributed by atoms with van der Waals surface area (Å²) in [7, 11) is -4.12. The van der Waals surface area contributed by atoms with Crippen molar-refractivity contribution >= 4 is 44.3 Å². The zero-order chi connectivity index (χ0) is 36.4. The number of hydrogen-bond acceptors (Lipinski definition) is 8. The Labute approximate surface area is 304 Å². The van der Waals surface area contributed by atoms with Crippen molar-refractivity contribution in [1.82, 2.24) is 23.9 Å². The number of rotatable bonds is 11. The molecule has 0 unspecified atom stereocenters. The highest BCUT2D eigenvalue weighted by atomic mass is 35.5. The van der Waals surface area contributed by atoms with E-state index in [1.807, 2.05) is 67.6 Å². The molecule has 7 aromatic rings. The summed E-state index contributed by atoms with van der Waals surface area (Å²) in [6, 6.07) is 33.9. The van der Waals surface area contributed by atoms with Crippen LogP contribution in [0.2, 0.25) is 5.02 Å². The predicted octanol–water partition coefficient (Wildman–Crippen LogP) is 6.82. The van der Waals surface area contributed by atoms with Gasteiger partial charge in [-0.05, 0) is 85.1 Å². The molecule has 0 aliphatic rings. The SMILES string of the molecule is CCOc1ccc(-n2c(=O)c3ccc(Cl)cc3n3c(COC(=O)c4cc(S(=O)(=O)NC(c5ccccc5)c5ccccc5)ccc4C)nnc23)cc1. The lowest BCUT2D eigenvalue weighted by Crippen LogP contribution is -2.29. The van der Waals surface area contributed by atoms with Crippen molar-refractivity contribution in [3.05, 3.63) is 165 Å². The molecule has 0 saturated carbocycles. The zero-order valence-corrected chi connectivity index (χ0v) is 29.6. The molecule has 0 fully saturated rings. The molecule has 0 aliphatic heterocycles. The Morgan fingerprint density at radius 2 is 1.54 bits per heavy atom. The molecule has 1 N–H and O–H groups in total. The number of aromatic nitrogens is 4. The minimum absolute atomic E-state index is 0.0619. The quantitative estimate of drug-likeness (QED) is 0.143. The van der Waals surface area contributed by atoms with Crippen LogP contribution in [0.4, 0.5) is 0 Å². The first-order valence-electron chi connectivity index (χ1n) is 16.4. The van der Waals surface area contributed by atoms with Crippen LogP contribution in [-0.2, 0) is 21.4 Å². The second-order valence-corrected chi connectivity index (χ2v) is 14.1. The average molecular weight is 734 g/mol. The third-order valence-corrected chi connectivity index (χ3v) is 10.2. The Bertz CT molecular complexity index is 2550. The van der Waals surface area contributed by atoms with Crippen molar-refractivity contribution in [2.24, 2.45) is 0 Å². The molecule has 7 rings (SSSR count). The van der Waals surface area contributed by atoms with Gasteiger partial charge >= 0.3 is 5.97 Å². The minimum Gasteiger partial charge on any atom is -0.494 e. The van der Waals surface area contributed by atoms with Gasteiger partial charge in [0, 0.05) is 5.02 Å². The zero-order valence-electron chi connectivity index (χ0n) is 28.1. The van der Waals surface area contributed by atoms with Gasteiger partial charge in [-0.2, -0.15) is 4.72 Å². The van der Waals surface area contributed by atoms with Gasteiger partial charge in [-0.1, -0.05) is 78.3 Å². The monoisotopic (exact) mass is 733 g/mol. The summed E-state index contributed by atoms with van der Waals surface area (Å²) < 4.78 is 44.8. The average Bonchev–Trinajstić information content (AvgIpc) is 3.58. The lowest BCUT2D eigenvalue weighted by Gasteiger charge is -2.20. The highest BCUT2D eigenvalue weighted by molar-refractivity contribution is 7.89. The molecule has 52 heavy (non-hydrogen) atoms. The summed E-state index contributed by atoms with van der Waals surface area (Å²) in [6.07, 6.45) is 0. The number of fused-ring (bicyclic) bond motifs is 3. The number of hydrogen-bond donors (Lipinski definition) is 1. The molecule has 0 aliphatic carbocycles. The number of nitrogens with zero attached hydrogens (tertiary/aromatic N) is 4. The molecule has 5 aromatic carbocycles. The standard InChI is InChI=1S/C39H32ClN5O6S/c1-3-50-30-18-16-29(17-19-30)44-37(46)32-21-15-28(40)22-34(32)45-35(41-42-39(44)45)24-51-38(47)33-23-31(20-14-25(33)2)52(48,49)43-36(26-10-6-4-7-11-26)27-12-8-5-9-13-27/h4-23,36,43H,3,24H2,1-2H3. The topological polar surface area (TPSA) is 134 Å². The number of halogens is 1. The van der Waals surface area contributed by atoms with E-state index in [-0.39, 0.29) is 34.2 Å². The highest BCUT2D eigenvalue weighted by Gasteiger charge is 2.25. The Kier molecular flexibility index (Phi) is 9.61. The van der Waals surface area contributed by atoms with Gasteiger partial charge in [0.05, 0.1) is 39.7 Å². The summed E-state index contributed by atoms with van der Waals surface area (Å²) in [4.78, 5) is 27.3. The van der Waals surface area contributed by atoms with Crippen molar-refractivity contribution in [2.45, 2.75) is 31.4 Å². The number of aryl methyl sites for hydroxylation is 1. The first-order chi connectivity index (χ1) is 25.1. The fourth-order valence-electron chi connectivity index (χ4n) is 6.00. The van der Waals surface area contributed by atoms with E-state index < -0.39 is 22.0 Å². The Morgan fingerprint density at radius 1 is 0.865 bits per heavy atom. The van der Waals surface area contributed by atoms with Crippen molar-refractivity contribution in [2.75, 3.05) is 6.61 Å². The van der Waals surface area contributed by atoms with Crippen molar-refractivity contribution < 1.29 is 22.7 Å². The normalized spacial score (nSPS) is 11.7. The van der Waals surface area contributed by atoms with E-state index in [0.717, 1.165) is 11.1 Å². The summed E-state index contributed by atoms with van der Waals surface area (Å²) in [5.74, 6) is 0.270. The number of ether oxygens (including phenoxy) is 2. The van der Waals surface area contributed by atoms with Crippen molar-refractivity contribution in [3.8, 4) is 11.4 Å². The third kappa shape index (κ3) is 6.79. The summed E-state index contributed by atoms with van der Waals surface area (Å²) in [5, 5.41) is 9.31. The summed E-state index contributed by atoms with van der Waals surface area (Å²) in [6.45, 7) is 3.72. The van der Waals surface area contributed by atoms with Crippen LogP contribution in [0.15, 0.2) is 131 Å². The number of carbonyl (C=O) groups is 1. The molecule has 2 heterocycles. The maximum Gasteiger partial charge on any atom is 0.338 e. The molecular formula is C39H32ClN5O6S. The van der Waals surface area contributed by atoms with Gasteiger partial charge in [0.2, 0.25) is 15.8 Å². The van der Waals surface area contributed by atoms with Crippen molar-refractivity contribution in [1.29, 1.82) is 0 Å². The Hall–Kier alpha value is -5.82. The van der Waals surface area contributed by atoms with Gasteiger partial charge in [0.1, 0.15) is 5.75 Å². The highest BCUT2D eigenvalue weighted by Crippen LogP contribution is 2.27. The van der Waals surface area contributed by atoms with E-state index in [0.29, 0.717) is 39.5 Å². The Morgan fingerprint density at radius 3 is 2.19 bits per heavy atom. The minimum atomic E-state index is -4.12. The second-order valence-electron chi connectivity index (χ2n) is 11.9. The molecule has 0 bridgehead atoms. The molecule has 11 nitrogen and oxygen atoms in total. The van der Waals surface area contributed by atoms with Crippen LogP contribution in [0, 0.1) is 6.92 Å².